The molecule has 0 saturated carbocycles. The van der Waals surface area contributed by atoms with E-state index in [4.69, 9.17) is 4.42 Å². The summed E-state index contributed by atoms with van der Waals surface area (Å²) >= 11 is 0. The second-order valence-electron chi connectivity index (χ2n) is 8.12. The highest BCUT2D eigenvalue weighted by atomic mass is 16.4. The van der Waals surface area contributed by atoms with E-state index in [0.29, 0.717) is 24.7 Å². The van der Waals surface area contributed by atoms with Gasteiger partial charge in [0.15, 0.2) is 0 Å². The molecule has 1 aliphatic rings. The van der Waals surface area contributed by atoms with Gasteiger partial charge in [-0.15, -0.1) is 10.2 Å². The van der Waals surface area contributed by atoms with E-state index in [1.165, 1.54) is 21.9 Å². The molecule has 5 nitrogen and oxygen atoms in total. The molecule has 2 atom stereocenters. The lowest BCUT2D eigenvalue weighted by Gasteiger charge is -2.36. The second-order valence-corrected chi connectivity index (χ2v) is 8.12. The summed E-state index contributed by atoms with van der Waals surface area (Å²) < 4.78 is 5.77. The van der Waals surface area contributed by atoms with Crippen molar-refractivity contribution in [1.29, 1.82) is 0 Å². The molecule has 5 heteroatoms. The average Bonchev–Trinajstić information content (AvgIpc) is 3.19. The minimum atomic E-state index is -0.483. The van der Waals surface area contributed by atoms with Crippen molar-refractivity contribution in [3.8, 4) is 0 Å². The highest BCUT2D eigenvalue weighted by Crippen LogP contribution is 2.33. The number of aryl methyl sites for hydroxylation is 1. The van der Waals surface area contributed by atoms with Crippen molar-refractivity contribution in [3.63, 3.8) is 0 Å². The number of benzene rings is 3. The van der Waals surface area contributed by atoms with Gasteiger partial charge < -0.3 is 9.52 Å². The van der Waals surface area contributed by atoms with Crippen molar-refractivity contribution in [2.45, 2.75) is 38.5 Å². The molecule has 5 rings (SSSR count). The maximum atomic E-state index is 10.9. The molecular weight excluding hydrogens is 374 g/mol. The zero-order valence-electron chi connectivity index (χ0n) is 17.0. The number of β-amino-alcohol motifs (C(OH)–C–C–N with tert-alkyl or cyclic N) is 1. The summed E-state index contributed by atoms with van der Waals surface area (Å²) in [5.74, 6) is 1.19. The maximum Gasteiger partial charge on any atom is 0.233 e. The molecule has 1 N–H and O–H groups in total. The summed E-state index contributed by atoms with van der Waals surface area (Å²) in [6.45, 7) is 3.12. The van der Waals surface area contributed by atoms with Crippen LogP contribution in [0.3, 0.4) is 0 Å². The molecule has 0 saturated heterocycles. The standard InChI is InChI=1S/C25H25N3O2/c1-17-26-27-25(30-17)24-14-21-8-4-5-9-22(21)15-28(24)16-23(29)13-18-10-11-19-6-2-3-7-20(19)12-18/h2-12,23-24,29H,13-16H2,1H3. The van der Waals surface area contributed by atoms with Crippen molar-refractivity contribution < 1.29 is 9.52 Å². The van der Waals surface area contributed by atoms with E-state index in [0.717, 1.165) is 18.5 Å². The monoisotopic (exact) mass is 399 g/mol. The first-order valence-corrected chi connectivity index (χ1v) is 10.4. The molecule has 30 heavy (non-hydrogen) atoms. The molecule has 0 spiro atoms. The van der Waals surface area contributed by atoms with Crippen molar-refractivity contribution >= 4 is 10.8 Å². The summed E-state index contributed by atoms with van der Waals surface area (Å²) in [5, 5.41) is 21.7. The minimum Gasteiger partial charge on any atom is -0.424 e. The SMILES string of the molecule is Cc1nnc(C2Cc3ccccc3CN2CC(O)Cc2ccc3ccccc3c2)o1. The predicted molar refractivity (Wildman–Crippen MR) is 116 cm³/mol. The Morgan fingerprint density at radius 2 is 1.77 bits per heavy atom. The fourth-order valence-electron chi connectivity index (χ4n) is 4.43. The van der Waals surface area contributed by atoms with Crippen molar-refractivity contribution in [2.24, 2.45) is 0 Å². The molecule has 3 aromatic carbocycles. The number of aromatic nitrogens is 2. The van der Waals surface area contributed by atoms with E-state index in [2.05, 4.69) is 69.7 Å². The summed E-state index contributed by atoms with van der Waals surface area (Å²) in [7, 11) is 0. The Morgan fingerprint density at radius 3 is 2.57 bits per heavy atom. The van der Waals surface area contributed by atoms with Gasteiger partial charge in [0.05, 0.1) is 12.1 Å². The van der Waals surface area contributed by atoms with Gasteiger partial charge in [-0.25, -0.2) is 0 Å². The summed E-state index contributed by atoms with van der Waals surface area (Å²) in [6, 6.07) is 23.2. The Balaban J connectivity index is 1.36. The van der Waals surface area contributed by atoms with Gasteiger partial charge in [-0.3, -0.25) is 4.90 Å². The minimum absolute atomic E-state index is 0.0210. The quantitative estimate of drug-likeness (QED) is 0.544. The molecule has 1 aliphatic heterocycles. The van der Waals surface area contributed by atoms with Crippen LogP contribution in [0.15, 0.2) is 71.1 Å². The van der Waals surface area contributed by atoms with Crippen LogP contribution < -0.4 is 0 Å². The molecule has 0 radical (unpaired) electrons. The third-order valence-corrected chi connectivity index (χ3v) is 5.90. The topological polar surface area (TPSA) is 62.4 Å². The predicted octanol–water partition coefficient (Wildman–Crippen LogP) is 4.23. The molecule has 2 heterocycles. The third-order valence-electron chi connectivity index (χ3n) is 5.90. The average molecular weight is 399 g/mol. The fourth-order valence-corrected chi connectivity index (χ4v) is 4.43. The molecule has 0 bridgehead atoms. The van der Waals surface area contributed by atoms with Gasteiger partial charge in [0.2, 0.25) is 11.8 Å². The zero-order chi connectivity index (χ0) is 20.5. The molecular formula is C25H25N3O2. The number of nitrogens with zero attached hydrogens (tertiary/aromatic N) is 3. The summed E-state index contributed by atoms with van der Waals surface area (Å²) in [5.41, 5.74) is 3.74. The Hall–Kier alpha value is -3.02. The van der Waals surface area contributed by atoms with E-state index in [9.17, 15) is 5.11 Å². The fraction of sp³-hybridized carbons (Fsp3) is 0.280. The van der Waals surface area contributed by atoms with Gasteiger partial charge in [-0.1, -0.05) is 66.7 Å². The summed E-state index contributed by atoms with van der Waals surface area (Å²) in [6.07, 6.45) is 0.932. The largest absolute Gasteiger partial charge is 0.424 e. The van der Waals surface area contributed by atoms with E-state index in [-0.39, 0.29) is 6.04 Å². The van der Waals surface area contributed by atoms with E-state index in [1.54, 1.807) is 0 Å². The number of aliphatic hydroxyl groups excluding tert-OH is 1. The number of hydrogen-bond donors (Lipinski definition) is 1. The smallest absolute Gasteiger partial charge is 0.233 e. The second kappa shape index (κ2) is 8.01. The lowest BCUT2D eigenvalue weighted by atomic mass is 9.93. The normalized spacial score (nSPS) is 17.7. The molecule has 0 aliphatic carbocycles. The number of rotatable bonds is 5. The van der Waals surface area contributed by atoms with E-state index < -0.39 is 6.10 Å². The first kappa shape index (κ1) is 19.0. The van der Waals surface area contributed by atoms with Gasteiger partial charge in [-0.2, -0.15) is 0 Å². The van der Waals surface area contributed by atoms with Crippen LogP contribution in [-0.4, -0.2) is 32.9 Å². The Morgan fingerprint density at radius 1 is 1.00 bits per heavy atom. The first-order valence-electron chi connectivity index (χ1n) is 10.4. The highest BCUT2D eigenvalue weighted by Gasteiger charge is 2.32. The van der Waals surface area contributed by atoms with Crippen LogP contribution in [0.1, 0.15) is 34.5 Å². The van der Waals surface area contributed by atoms with Gasteiger partial charge in [-0.05, 0) is 40.3 Å². The molecule has 4 aromatic rings. The maximum absolute atomic E-state index is 10.9. The number of fused-ring (bicyclic) bond motifs is 2. The number of hydrogen-bond acceptors (Lipinski definition) is 5. The van der Waals surface area contributed by atoms with Crippen molar-refractivity contribution in [2.75, 3.05) is 6.54 Å². The Bertz CT molecular complexity index is 1170. The van der Waals surface area contributed by atoms with Gasteiger partial charge >= 0.3 is 0 Å². The van der Waals surface area contributed by atoms with Crippen LogP contribution in [0.2, 0.25) is 0 Å². The molecule has 2 unspecified atom stereocenters. The Labute approximate surface area is 176 Å². The van der Waals surface area contributed by atoms with Crippen molar-refractivity contribution in [1.82, 2.24) is 15.1 Å². The molecule has 152 valence electrons. The van der Waals surface area contributed by atoms with Crippen LogP contribution in [0.4, 0.5) is 0 Å². The van der Waals surface area contributed by atoms with Gasteiger partial charge in [0.25, 0.3) is 0 Å². The molecule has 0 fully saturated rings. The van der Waals surface area contributed by atoms with Gasteiger partial charge in [0, 0.05) is 20.0 Å². The lowest BCUT2D eigenvalue weighted by Crippen LogP contribution is -2.40. The van der Waals surface area contributed by atoms with Crippen LogP contribution in [0.25, 0.3) is 10.8 Å². The lowest BCUT2D eigenvalue weighted by molar-refractivity contribution is 0.0653. The zero-order valence-corrected chi connectivity index (χ0v) is 17.0. The van der Waals surface area contributed by atoms with Crippen LogP contribution in [0, 0.1) is 6.92 Å². The number of aliphatic hydroxyl groups is 1. The van der Waals surface area contributed by atoms with E-state index >= 15 is 0 Å². The van der Waals surface area contributed by atoms with Crippen LogP contribution in [0.5, 0.6) is 0 Å². The van der Waals surface area contributed by atoms with E-state index in [1.807, 2.05) is 19.1 Å². The van der Waals surface area contributed by atoms with Crippen molar-refractivity contribution in [3.05, 3.63) is 95.2 Å². The highest BCUT2D eigenvalue weighted by molar-refractivity contribution is 5.83. The van der Waals surface area contributed by atoms with Crippen LogP contribution in [-0.2, 0) is 19.4 Å². The molecule has 1 aromatic heterocycles. The summed E-state index contributed by atoms with van der Waals surface area (Å²) in [4.78, 5) is 2.26. The Kier molecular flexibility index (Phi) is 5.07. The van der Waals surface area contributed by atoms with Gasteiger partial charge in [0.1, 0.15) is 0 Å². The van der Waals surface area contributed by atoms with Crippen LogP contribution >= 0.6 is 0 Å². The third kappa shape index (κ3) is 3.86. The molecule has 0 amide bonds. The first-order chi connectivity index (χ1) is 14.7.